The molecule has 0 spiro atoms. The Morgan fingerprint density at radius 3 is 2.24 bits per heavy atom. The lowest BCUT2D eigenvalue weighted by atomic mass is 10.00. The first kappa shape index (κ1) is 38.5. The molecule has 2 aliphatic heterocycles. The van der Waals surface area contributed by atoms with Crippen LogP contribution >= 0.6 is 35.3 Å². The van der Waals surface area contributed by atoms with Crippen LogP contribution < -0.4 is 15.3 Å². The number of carbonyl (C=O) groups excluding carboxylic acids is 2. The van der Waals surface area contributed by atoms with Gasteiger partial charge in [-0.2, -0.15) is 0 Å². The summed E-state index contributed by atoms with van der Waals surface area (Å²) in [4.78, 5) is 35.6. The second-order valence-electron chi connectivity index (χ2n) is 15.4. The van der Waals surface area contributed by atoms with E-state index in [1.54, 1.807) is 16.4 Å². The second kappa shape index (κ2) is 17.3. The van der Waals surface area contributed by atoms with Crippen molar-refractivity contribution in [1.82, 2.24) is 0 Å². The molecule has 3 nitrogen and oxygen atoms in total. The van der Waals surface area contributed by atoms with Gasteiger partial charge >= 0.3 is 0 Å². The van der Waals surface area contributed by atoms with E-state index in [-0.39, 0.29) is 11.8 Å². The van der Waals surface area contributed by atoms with Crippen molar-refractivity contribution in [2.75, 3.05) is 4.90 Å². The zero-order chi connectivity index (χ0) is 36.1. The Morgan fingerprint density at radius 2 is 1.55 bits per heavy atom. The Bertz CT molecular complexity index is 1760. The fraction of sp³-hybridized carbons (Fsp3) is 0.545. The summed E-state index contributed by atoms with van der Waals surface area (Å²) in [6, 6.07) is 14.4. The minimum Gasteiger partial charge on any atom is -0.268 e. The smallest absolute Gasteiger partial charge is 0.267 e. The van der Waals surface area contributed by atoms with Crippen molar-refractivity contribution >= 4 is 76.2 Å². The van der Waals surface area contributed by atoms with Gasteiger partial charge in [0.2, 0.25) is 0 Å². The molecule has 2 aromatic heterocycles. The molecular formula is C44H59NO2S3Si. The van der Waals surface area contributed by atoms with Gasteiger partial charge < -0.3 is 0 Å². The van der Waals surface area contributed by atoms with Crippen LogP contribution in [0.1, 0.15) is 139 Å². The molecule has 1 saturated carbocycles. The molecule has 3 aromatic rings. The summed E-state index contributed by atoms with van der Waals surface area (Å²) in [5.41, 5.74) is 3.57. The van der Waals surface area contributed by atoms with Gasteiger partial charge in [-0.3, -0.25) is 9.59 Å². The van der Waals surface area contributed by atoms with Crippen molar-refractivity contribution in [2.45, 2.75) is 149 Å². The van der Waals surface area contributed by atoms with Gasteiger partial charge in [-0.25, -0.2) is 4.90 Å². The number of carbonyl (C=O) groups is 2. The van der Waals surface area contributed by atoms with Crippen LogP contribution in [0.4, 0.5) is 5.69 Å². The highest BCUT2D eigenvalue weighted by atomic mass is 32.1. The highest BCUT2D eigenvalue weighted by Gasteiger charge is 2.53. The summed E-state index contributed by atoms with van der Waals surface area (Å²) < 4.78 is 0. The van der Waals surface area contributed by atoms with Crippen LogP contribution in [0.5, 0.6) is 0 Å². The Labute approximate surface area is 322 Å². The number of benzene rings is 1. The van der Waals surface area contributed by atoms with E-state index in [0.717, 1.165) is 22.8 Å². The Morgan fingerprint density at radius 1 is 0.882 bits per heavy atom. The van der Waals surface area contributed by atoms with E-state index in [0.29, 0.717) is 21.7 Å². The molecule has 2 fully saturated rings. The molecule has 2 amide bonds. The average molecular weight is 758 g/mol. The number of allylic oxidation sites excluding steroid dienone is 1. The number of amides is 2. The van der Waals surface area contributed by atoms with E-state index in [1.165, 1.54) is 127 Å². The van der Waals surface area contributed by atoms with Gasteiger partial charge in [0.05, 0.1) is 16.8 Å². The first-order chi connectivity index (χ1) is 24.8. The number of aryl methyl sites for hydroxylation is 2. The van der Waals surface area contributed by atoms with Crippen LogP contribution in [-0.2, 0) is 16.0 Å². The molecule has 2 atom stereocenters. The number of nitrogens with zero attached hydrogens (tertiary/aromatic N) is 1. The number of imide groups is 1. The fourth-order valence-electron chi connectivity index (χ4n) is 9.31. The normalized spacial score (nSPS) is 21.5. The highest BCUT2D eigenvalue weighted by Crippen LogP contribution is 2.51. The zero-order valence-electron chi connectivity index (χ0n) is 31.7. The molecule has 1 aliphatic carbocycles. The number of hydrogen-bond donors (Lipinski definition) is 1. The van der Waals surface area contributed by atoms with E-state index >= 15 is 0 Å². The third-order valence-electron chi connectivity index (χ3n) is 12.1. The van der Waals surface area contributed by atoms with Crippen LogP contribution in [0.2, 0.25) is 11.6 Å². The molecule has 0 N–H and O–H groups in total. The fourth-order valence-corrected chi connectivity index (χ4v) is 20.3. The van der Waals surface area contributed by atoms with Crippen LogP contribution in [0, 0.1) is 12.8 Å². The van der Waals surface area contributed by atoms with Crippen molar-refractivity contribution in [3.8, 4) is 9.75 Å². The molecule has 3 aliphatic rings. The van der Waals surface area contributed by atoms with E-state index in [1.807, 2.05) is 41.7 Å². The molecule has 1 saturated heterocycles. The Hall–Kier alpha value is -2.19. The van der Waals surface area contributed by atoms with Gasteiger partial charge in [0.15, 0.2) is 0 Å². The number of thiophene rings is 2. The van der Waals surface area contributed by atoms with E-state index in [2.05, 4.69) is 52.0 Å². The molecular weight excluding hydrogens is 699 g/mol. The van der Waals surface area contributed by atoms with Crippen LogP contribution in [-0.4, -0.2) is 19.9 Å². The van der Waals surface area contributed by atoms with Gasteiger partial charge in [0, 0.05) is 24.4 Å². The van der Waals surface area contributed by atoms with Crippen molar-refractivity contribution in [3.05, 3.63) is 68.9 Å². The lowest BCUT2D eigenvalue weighted by Crippen LogP contribution is -2.59. The van der Waals surface area contributed by atoms with Crippen molar-refractivity contribution in [2.24, 2.45) is 5.92 Å². The Balaban J connectivity index is 1.34. The van der Waals surface area contributed by atoms with Crippen LogP contribution in [0.15, 0.2) is 53.6 Å². The summed E-state index contributed by atoms with van der Waals surface area (Å²) in [6.07, 6.45) is 22.3. The summed E-state index contributed by atoms with van der Waals surface area (Å²) in [5.74, 6) is 0.231. The third kappa shape index (κ3) is 7.61. The number of rotatable bonds is 16. The topological polar surface area (TPSA) is 37.4 Å². The maximum absolute atomic E-state index is 14.3. The molecule has 274 valence electrons. The van der Waals surface area contributed by atoms with E-state index in [9.17, 15) is 9.59 Å². The number of fused-ring (bicyclic) bond motifs is 3. The molecule has 51 heavy (non-hydrogen) atoms. The number of anilines is 1. The summed E-state index contributed by atoms with van der Waals surface area (Å²) in [7, 11) is -2.11. The SMILES string of the molecule is CC=C1C(=O)N(c2ccc(CCCCCCCC)cc2)C(=O)/C1=C(/S)c1cc2c(s1)-c1sc(C)cc1[Si]2(CC(CC)CCCC)C1CCCCC1. The molecule has 0 radical (unpaired) electrons. The minimum absolute atomic E-state index is 0.249. The molecule has 6 rings (SSSR count). The van der Waals surface area contributed by atoms with Gasteiger partial charge in [-0.05, 0) is 84.4 Å². The maximum Gasteiger partial charge on any atom is 0.267 e. The van der Waals surface area contributed by atoms with Gasteiger partial charge in [-0.15, -0.1) is 35.3 Å². The molecule has 7 heteroatoms. The van der Waals surface area contributed by atoms with Crippen molar-refractivity contribution < 1.29 is 9.59 Å². The molecule has 0 bridgehead atoms. The van der Waals surface area contributed by atoms with Gasteiger partial charge in [0.25, 0.3) is 11.8 Å². The maximum atomic E-state index is 14.3. The largest absolute Gasteiger partial charge is 0.268 e. The summed E-state index contributed by atoms with van der Waals surface area (Å²) in [6.45, 7) is 11.1. The predicted molar refractivity (Wildman–Crippen MR) is 228 cm³/mol. The van der Waals surface area contributed by atoms with Crippen LogP contribution in [0.25, 0.3) is 14.7 Å². The molecule has 1 aromatic carbocycles. The van der Waals surface area contributed by atoms with Crippen molar-refractivity contribution in [1.29, 1.82) is 0 Å². The second-order valence-corrected chi connectivity index (χ2v) is 22.4. The minimum atomic E-state index is -2.11. The number of thiol groups is 1. The Kier molecular flexibility index (Phi) is 13.1. The third-order valence-corrected chi connectivity index (χ3v) is 21.4. The van der Waals surface area contributed by atoms with Gasteiger partial charge in [0.1, 0.15) is 8.07 Å². The first-order valence-corrected chi connectivity index (χ1v) is 24.5. The summed E-state index contributed by atoms with van der Waals surface area (Å²) >= 11 is 8.95. The highest BCUT2D eigenvalue weighted by molar-refractivity contribution is 7.91. The average Bonchev–Trinajstić information content (AvgIpc) is 3.87. The lowest BCUT2D eigenvalue weighted by Gasteiger charge is -2.41. The predicted octanol–water partition coefficient (Wildman–Crippen LogP) is 12.3. The summed E-state index contributed by atoms with van der Waals surface area (Å²) in [5, 5.41) is 3.31. The number of unbranched alkanes of at least 4 members (excludes halogenated alkanes) is 6. The molecule has 2 unspecified atom stereocenters. The first-order valence-electron chi connectivity index (χ1n) is 20.1. The quantitative estimate of drug-likeness (QED) is 0.0519. The van der Waals surface area contributed by atoms with Gasteiger partial charge in [-0.1, -0.05) is 129 Å². The lowest BCUT2D eigenvalue weighted by molar-refractivity contribution is -0.119. The van der Waals surface area contributed by atoms with E-state index in [4.69, 9.17) is 12.6 Å². The monoisotopic (exact) mass is 757 g/mol. The number of hydrogen-bond acceptors (Lipinski definition) is 5. The zero-order valence-corrected chi connectivity index (χ0v) is 35.3. The molecule has 4 heterocycles. The standard InChI is InChI=1S/C44H59NO2S3Si/c1-6-10-12-13-14-16-20-32-23-25-33(26-24-32)45-43(46)35(9-4)39(44(45)47)40(48)36-28-38-42(50-36)41-37(27-30(5)49-41)51(38,34-21-17-15-18-22-34)29-31(8-3)19-11-7-2/h9,23-28,31,34,48H,6-8,10-22,29H2,1-5H3/b35-9?,40-39+. The van der Waals surface area contributed by atoms with Crippen LogP contribution in [0.3, 0.4) is 0 Å². The van der Waals surface area contributed by atoms with E-state index < -0.39 is 8.07 Å². The van der Waals surface area contributed by atoms with Crippen molar-refractivity contribution in [3.63, 3.8) is 0 Å².